The molecule has 23 heavy (non-hydrogen) atoms. The van der Waals surface area contributed by atoms with Crippen LogP contribution in [0.5, 0.6) is 0 Å². The minimum atomic E-state index is -0.695. The molecule has 0 saturated heterocycles. The Morgan fingerprint density at radius 2 is 1.30 bits per heavy atom. The van der Waals surface area contributed by atoms with Gasteiger partial charge in [0, 0.05) is 0 Å². The average molecular weight is 363 g/mol. The first kappa shape index (κ1) is 23.2. The van der Waals surface area contributed by atoms with Crippen LogP contribution in [0, 0.1) is 11.8 Å². The van der Waals surface area contributed by atoms with Crippen LogP contribution in [0.15, 0.2) is 0 Å². The summed E-state index contributed by atoms with van der Waals surface area (Å²) < 4.78 is -0.695. The summed E-state index contributed by atoms with van der Waals surface area (Å²) in [6, 6.07) is 0. The molecule has 0 aromatic heterocycles. The number of unbranched alkanes of at least 4 members (excludes halogenated alkanes) is 2. The lowest BCUT2D eigenvalue weighted by molar-refractivity contribution is -0.136. The summed E-state index contributed by atoms with van der Waals surface area (Å²) in [5, 5.41) is 9.71. The molecule has 0 aromatic rings. The van der Waals surface area contributed by atoms with Gasteiger partial charge in [-0.25, -0.2) is 4.79 Å². The fourth-order valence-corrected chi connectivity index (χ4v) is 5.42. The topological polar surface area (TPSA) is 37.3 Å². The van der Waals surface area contributed by atoms with Crippen LogP contribution in [-0.2, 0) is 4.79 Å². The van der Waals surface area contributed by atoms with Crippen molar-refractivity contribution < 1.29 is 9.90 Å². The van der Waals surface area contributed by atoms with E-state index in [1.165, 1.54) is 38.5 Å². The van der Waals surface area contributed by atoms with Gasteiger partial charge in [-0.15, -0.1) is 23.5 Å². The second-order valence-electron chi connectivity index (χ2n) is 6.71. The lowest BCUT2D eigenvalue weighted by Crippen LogP contribution is -2.30. The van der Waals surface area contributed by atoms with E-state index >= 15 is 0 Å². The molecule has 0 heterocycles. The molecule has 4 heteroatoms. The zero-order chi connectivity index (χ0) is 17.7. The summed E-state index contributed by atoms with van der Waals surface area (Å²) in [5.41, 5.74) is 0. The molecule has 2 nitrogen and oxygen atoms in total. The maximum absolute atomic E-state index is 11.8. The lowest BCUT2D eigenvalue weighted by Gasteiger charge is -2.28. The Hall–Kier alpha value is 0.170. The third kappa shape index (κ3) is 9.91. The lowest BCUT2D eigenvalue weighted by atomic mass is 10.0. The Kier molecular flexibility index (Phi) is 13.6. The largest absolute Gasteiger partial charge is 0.480 e. The van der Waals surface area contributed by atoms with Gasteiger partial charge < -0.3 is 5.11 Å². The van der Waals surface area contributed by atoms with Crippen LogP contribution in [0.3, 0.4) is 0 Å². The molecule has 0 radical (unpaired) electrons. The Morgan fingerprint density at radius 1 is 0.913 bits per heavy atom. The number of hydrogen-bond donors (Lipinski definition) is 1. The van der Waals surface area contributed by atoms with E-state index in [0.29, 0.717) is 11.8 Å². The summed E-state index contributed by atoms with van der Waals surface area (Å²) in [6.07, 6.45) is 9.73. The highest BCUT2D eigenvalue weighted by molar-refractivity contribution is 8.19. The van der Waals surface area contributed by atoms with Gasteiger partial charge in [0.25, 0.3) is 0 Å². The third-order valence-electron chi connectivity index (χ3n) is 4.66. The van der Waals surface area contributed by atoms with E-state index < -0.39 is 10.0 Å². The molecule has 0 rings (SSSR count). The first-order chi connectivity index (χ1) is 10.9. The van der Waals surface area contributed by atoms with E-state index in [2.05, 4.69) is 27.7 Å². The summed E-state index contributed by atoms with van der Waals surface area (Å²) in [6.45, 7) is 10.8. The van der Waals surface area contributed by atoms with E-state index in [-0.39, 0.29) is 0 Å². The molecule has 1 N–H and O–H groups in total. The van der Waals surface area contributed by atoms with Crippen molar-refractivity contribution in [2.45, 2.75) is 90.1 Å². The normalized spacial score (nSPS) is 16.7. The minimum Gasteiger partial charge on any atom is -0.480 e. The maximum Gasteiger partial charge on any atom is 0.329 e. The van der Waals surface area contributed by atoms with Gasteiger partial charge in [-0.2, -0.15) is 0 Å². The van der Waals surface area contributed by atoms with Crippen LogP contribution < -0.4 is 0 Å². The number of thioether (sulfide) groups is 2. The average Bonchev–Trinajstić information content (AvgIpc) is 2.55. The molecule has 0 amide bonds. The van der Waals surface area contributed by atoms with E-state index in [1.54, 1.807) is 23.5 Å². The van der Waals surface area contributed by atoms with Crippen LogP contribution >= 0.6 is 23.5 Å². The monoisotopic (exact) mass is 362 g/mol. The molecule has 2 unspecified atom stereocenters. The highest BCUT2D eigenvalue weighted by Crippen LogP contribution is 2.41. The number of hydrogen-bond acceptors (Lipinski definition) is 3. The molecule has 0 aliphatic carbocycles. The standard InChI is InChI=1S/C19H38O2S2/c1-6-10-12-16(8-3)14-22-19(5,18(20)21)23-15-17(9-4)13-11-7-2/h16-17H,6-15H2,1-5H3,(H,20,21). The smallest absolute Gasteiger partial charge is 0.329 e. The Labute approximate surface area is 153 Å². The second-order valence-corrected chi connectivity index (χ2v) is 9.84. The Bertz CT molecular complexity index is 288. The van der Waals surface area contributed by atoms with Crippen molar-refractivity contribution in [3.8, 4) is 0 Å². The van der Waals surface area contributed by atoms with E-state index in [1.807, 2.05) is 6.92 Å². The molecular weight excluding hydrogens is 324 g/mol. The predicted octanol–water partition coefficient (Wildman–Crippen LogP) is 6.69. The molecule has 0 bridgehead atoms. The van der Waals surface area contributed by atoms with Crippen LogP contribution in [-0.4, -0.2) is 26.7 Å². The highest BCUT2D eigenvalue weighted by Gasteiger charge is 2.35. The fourth-order valence-electron chi connectivity index (χ4n) is 2.52. The summed E-state index contributed by atoms with van der Waals surface area (Å²) in [4.78, 5) is 11.8. The number of carboxylic acid groups (broad SMARTS) is 1. The fraction of sp³-hybridized carbons (Fsp3) is 0.947. The van der Waals surface area contributed by atoms with Gasteiger partial charge in [0.1, 0.15) is 0 Å². The molecule has 138 valence electrons. The molecule has 0 aliphatic rings. The molecule has 0 fully saturated rings. The third-order valence-corrected chi connectivity index (χ3v) is 8.10. The van der Waals surface area contributed by atoms with E-state index in [9.17, 15) is 9.90 Å². The van der Waals surface area contributed by atoms with Gasteiger partial charge in [-0.3, -0.25) is 0 Å². The van der Waals surface area contributed by atoms with Gasteiger partial charge in [0.15, 0.2) is 4.08 Å². The SMILES string of the molecule is CCCCC(CC)CSC(C)(SCC(CC)CCCC)C(=O)O. The zero-order valence-corrected chi connectivity index (χ0v) is 17.5. The molecule has 0 saturated carbocycles. The van der Waals surface area contributed by atoms with Crippen molar-refractivity contribution in [3.63, 3.8) is 0 Å². The van der Waals surface area contributed by atoms with Crippen LogP contribution in [0.1, 0.15) is 86.0 Å². The quantitative estimate of drug-likeness (QED) is 0.329. The van der Waals surface area contributed by atoms with Gasteiger partial charge in [0.05, 0.1) is 0 Å². The van der Waals surface area contributed by atoms with Gasteiger partial charge >= 0.3 is 5.97 Å². The second kappa shape index (κ2) is 13.5. The van der Waals surface area contributed by atoms with Gasteiger partial charge in [-0.1, -0.05) is 66.2 Å². The van der Waals surface area contributed by atoms with E-state index in [4.69, 9.17) is 0 Å². The van der Waals surface area contributed by atoms with Crippen molar-refractivity contribution >= 4 is 29.5 Å². The van der Waals surface area contributed by atoms with Gasteiger partial charge in [0.2, 0.25) is 0 Å². The first-order valence-electron chi connectivity index (χ1n) is 9.44. The Balaban J connectivity index is 4.50. The molecule has 0 aromatic carbocycles. The first-order valence-corrected chi connectivity index (χ1v) is 11.4. The van der Waals surface area contributed by atoms with Crippen molar-refractivity contribution in [1.82, 2.24) is 0 Å². The highest BCUT2D eigenvalue weighted by atomic mass is 32.2. The van der Waals surface area contributed by atoms with Crippen molar-refractivity contribution in [3.05, 3.63) is 0 Å². The molecule has 2 atom stereocenters. The van der Waals surface area contributed by atoms with Crippen LogP contribution in [0.4, 0.5) is 0 Å². The molecular formula is C19H38O2S2. The molecule has 0 spiro atoms. The van der Waals surface area contributed by atoms with E-state index in [0.717, 1.165) is 24.3 Å². The zero-order valence-electron chi connectivity index (χ0n) is 15.9. The van der Waals surface area contributed by atoms with Crippen molar-refractivity contribution in [1.29, 1.82) is 0 Å². The van der Waals surface area contributed by atoms with Crippen molar-refractivity contribution in [2.75, 3.05) is 11.5 Å². The number of rotatable bonds is 15. The Morgan fingerprint density at radius 3 is 1.57 bits per heavy atom. The maximum atomic E-state index is 11.8. The number of carboxylic acids is 1. The van der Waals surface area contributed by atoms with Crippen LogP contribution in [0.2, 0.25) is 0 Å². The number of carbonyl (C=O) groups is 1. The molecule has 0 aliphatic heterocycles. The summed E-state index contributed by atoms with van der Waals surface area (Å²) in [5.74, 6) is 2.58. The van der Waals surface area contributed by atoms with Gasteiger partial charge in [-0.05, 0) is 43.1 Å². The van der Waals surface area contributed by atoms with Crippen LogP contribution in [0.25, 0.3) is 0 Å². The summed E-state index contributed by atoms with van der Waals surface area (Å²) in [7, 11) is 0. The van der Waals surface area contributed by atoms with Crippen molar-refractivity contribution in [2.24, 2.45) is 11.8 Å². The summed E-state index contributed by atoms with van der Waals surface area (Å²) >= 11 is 3.31. The number of aliphatic carboxylic acids is 1. The minimum absolute atomic E-state index is 0.654. The predicted molar refractivity (Wildman–Crippen MR) is 108 cm³/mol.